The van der Waals surface area contributed by atoms with E-state index >= 15 is 0 Å². The fourth-order valence-electron chi connectivity index (χ4n) is 1.88. The number of hydrogen-bond donors (Lipinski definition) is 1. The van der Waals surface area contributed by atoms with E-state index in [4.69, 9.17) is 5.11 Å². The SMILES string of the molecule is CN(C(=O)C(F)(F)F)c1ccc2cc(C(=O)O)ccc2c1. The molecule has 0 atom stereocenters. The van der Waals surface area contributed by atoms with Crippen molar-refractivity contribution in [3.8, 4) is 0 Å². The molecule has 110 valence electrons. The van der Waals surface area contributed by atoms with Gasteiger partial charge in [0.15, 0.2) is 0 Å². The highest BCUT2D eigenvalue weighted by Gasteiger charge is 2.41. The molecule has 0 aliphatic heterocycles. The van der Waals surface area contributed by atoms with E-state index in [1.54, 1.807) is 0 Å². The zero-order valence-electron chi connectivity index (χ0n) is 10.8. The van der Waals surface area contributed by atoms with Gasteiger partial charge in [0.05, 0.1) is 5.56 Å². The first-order valence-corrected chi connectivity index (χ1v) is 5.82. The summed E-state index contributed by atoms with van der Waals surface area (Å²) in [5.41, 5.74) is 0.155. The molecule has 0 bridgehead atoms. The fraction of sp³-hybridized carbons (Fsp3) is 0.143. The molecule has 21 heavy (non-hydrogen) atoms. The lowest BCUT2D eigenvalue weighted by Gasteiger charge is -2.19. The van der Waals surface area contributed by atoms with E-state index in [2.05, 4.69) is 0 Å². The molecule has 4 nitrogen and oxygen atoms in total. The van der Waals surface area contributed by atoms with Crippen LogP contribution in [-0.4, -0.2) is 30.2 Å². The topological polar surface area (TPSA) is 57.6 Å². The van der Waals surface area contributed by atoms with Crippen molar-refractivity contribution in [2.24, 2.45) is 0 Å². The van der Waals surface area contributed by atoms with Crippen LogP contribution in [0.25, 0.3) is 10.8 Å². The summed E-state index contributed by atoms with van der Waals surface area (Å²) in [7, 11) is 1.03. The number of rotatable bonds is 2. The van der Waals surface area contributed by atoms with Crippen LogP contribution in [0.4, 0.5) is 18.9 Å². The Kier molecular flexibility index (Phi) is 3.59. The number of carbonyl (C=O) groups is 2. The highest BCUT2D eigenvalue weighted by Crippen LogP contribution is 2.26. The zero-order chi connectivity index (χ0) is 15.8. The highest BCUT2D eigenvalue weighted by molar-refractivity contribution is 6.00. The average Bonchev–Trinajstić information content (AvgIpc) is 2.43. The number of alkyl halides is 3. The molecule has 0 saturated carbocycles. The van der Waals surface area contributed by atoms with Crippen molar-refractivity contribution in [1.82, 2.24) is 0 Å². The van der Waals surface area contributed by atoms with Gasteiger partial charge in [0, 0.05) is 12.7 Å². The van der Waals surface area contributed by atoms with Crippen molar-refractivity contribution in [1.29, 1.82) is 0 Å². The first kappa shape index (κ1) is 14.8. The maximum absolute atomic E-state index is 12.4. The highest BCUT2D eigenvalue weighted by atomic mass is 19.4. The van der Waals surface area contributed by atoms with Gasteiger partial charge in [-0.1, -0.05) is 12.1 Å². The summed E-state index contributed by atoms with van der Waals surface area (Å²) in [5, 5.41) is 9.97. The lowest BCUT2D eigenvalue weighted by atomic mass is 10.1. The second kappa shape index (κ2) is 5.08. The third kappa shape index (κ3) is 2.96. The molecule has 0 unspecified atom stereocenters. The van der Waals surface area contributed by atoms with Crippen LogP contribution in [0, 0.1) is 0 Å². The van der Waals surface area contributed by atoms with Crippen LogP contribution in [0.5, 0.6) is 0 Å². The summed E-state index contributed by atoms with van der Waals surface area (Å²) in [6.45, 7) is 0. The van der Waals surface area contributed by atoms with Crippen molar-refractivity contribution in [2.75, 3.05) is 11.9 Å². The van der Waals surface area contributed by atoms with E-state index in [1.807, 2.05) is 0 Å². The van der Waals surface area contributed by atoms with Gasteiger partial charge in [-0.05, 0) is 35.0 Å². The summed E-state index contributed by atoms with van der Waals surface area (Å²) in [5.74, 6) is -3.06. The molecule has 2 aromatic carbocycles. The summed E-state index contributed by atoms with van der Waals surface area (Å²) >= 11 is 0. The molecule has 0 aliphatic carbocycles. The number of carboxylic acids is 1. The lowest BCUT2D eigenvalue weighted by Crippen LogP contribution is -2.38. The number of carboxylic acid groups (broad SMARTS) is 1. The van der Waals surface area contributed by atoms with Crippen molar-refractivity contribution < 1.29 is 27.9 Å². The Labute approximate surface area is 117 Å². The molecular formula is C14H10F3NO3. The quantitative estimate of drug-likeness (QED) is 0.926. The Morgan fingerprint density at radius 3 is 2.19 bits per heavy atom. The molecule has 2 rings (SSSR count). The van der Waals surface area contributed by atoms with E-state index in [0.717, 1.165) is 7.05 Å². The third-order valence-corrected chi connectivity index (χ3v) is 3.01. The molecule has 0 radical (unpaired) electrons. The molecule has 2 aromatic rings. The third-order valence-electron chi connectivity index (χ3n) is 3.01. The van der Waals surface area contributed by atoms with Gasteiger partial charge in [0.2, 0.25) is 0 Å². The number of anilines is 1. The monoisotopic (exact) mass is 297 g/mol. The van der Waals surface area contributed by atoms with Gasteiger partial charge in [-0.2, -0.15) is 13.2 Å². The van der Waals surface area contributed by atoms with Crippen LogP contribution in [0.1, 0.15) is 10.4 Å². The Morgan fingerprint density at radius 1 is 1.05 bits per heavy atom. The predicted octanol–water partition coefficient (Wildman–Crippen LogP) is 3.06. The maximum Gasteiger partial charge on any atom is 0.471 e. The molecule has 0 aliphatic rings. The Balaban J connectivity index is 2.42. The van der Waals surface area contributed by atoms with Crippen LogP contribution in [-0.2, 0) is 4.79 Å². The van der Waals surface area contributed by atoms with Crippen LogP contribution in [0.15, 0.2) is 36.4 Å². The number of halogens is 3. The second-order valence-corrected chi connectivity index (χ2v) is 4.41. The van der Waals surface area contributed by atoms with Gasteiger partial charge in [-0.15, -0.1) is 0 Å². The minimum atomic E-state index is -4.95. The van der Waals surface area contributed by atoms with E-state index in [0.29, 0.717) is 15.7 Å². The number of benzene rings is 2. The van der Waals surface area contributed by atoms with Gasteiger partial charge in [-0.3, -0.25) is 4.79 Å². The standard InChI is InChI=1S/C14H10F3NO3/c1-18(13(21)14(15,16)17)11-5-4-8-6-10(12(19)20)3-2-9(8)7-11/h2-7H,1H3,(H,19,20). The molecule has 0 aromatic heterocycles. The van der Waals surface area contributed by atoms with Crippen LogP contribution >= 0.6 is 0 Å². The van der Waals surface area contributed by atoms with E-state index in [9.17, 15) is 22.8 Å². The van der Waals surface area contributed by atoms with Crippen molar-refractivity contribution in [2.45, 2.75) is 6.18 Å². The first-order chi connectivity index (χ1) is 9.70. The molecule has 0 saturated heterocycles. The summed E-state index contributed by atoms with van der Waals surface area (Å²) in [6, 6.07) is 8.43. The maximum atomic E-state index is 12.4. The number of fused-ring (bicyclic) bond motifs is 1. The minimum Gasteiger partial charge on any atom is -0.478 e. The molecule has 0 fully saturated rings. The molecule has 1 N–H and O–H groups in total. The number of carbonyl (C=O) groups excluding carboxylic acids is 1. The largest absolute Gasteiger partial charge is 0.478 e. The predicted molar refractivity (Wildman–Crippen MR) is 70.4 cm³/mol. The first-order valence-electron chi connectivity index (χ1n) is 5.82. The van der Waals surface area contributed by atoms with Gasteiger partial charge in [0.25, 0.3) is 0 Å². The zero-order valence-corrected chi connectivity index (χ0v) is 10.8. The Morgan fingerprint density at radius 2 is 1.62 bits per heavy atom. The second-order valence-electron chi connectivity index (χ2n) is 4.41. The van der Waals surface area contributed by atoms with Gasteiger partial charge in [0.1, 0.15) is 0 Å². The smallest absolute Gasteiger partial charge is 0.471 e. The number of hydrogen-bond acceptors (Lipinski definition) is 2. The molecule has 1 amide bonds. The minimum absolute atomic E-state index is 0.0768. The summed E-state index contributed by atoms with van der Waals surface area (Å²) in [4.78, 5) is 22.5. The van der Waals surface area contributed by atoms with Gasteiger partial charge < -0.3 is 10.0 Å². The lowest BCUT2D eigenvalue weighted by molar-refractivity contribution is -0.170. The fourth-order valence-corrected chi connectivity index (χ4v) is 1.88. The Hall–Kier alpha value is -2.57. The van der Waals surface area contributed by atoms with Crippen LogP contribution < -0.4 is 4.90 Å². The summed E-state index contributed by atoms with van der Waals surface area (Å²) in [6.07, 6.45) is -4.95. The number of aromatic carboxylic acids is 1. The summed E-state index contributed by atoms with van der Waals surface area (Å²) < 4.78 is 37.2. The van der Waals surface area contributed by atoms with Gasteiger partial charge >= 0.3 is 18.1 Å². The Bertz CT molecular complexity index is 725. The van der Waals surface area contributed by atoms with E-state index < -0.39 is 18.1 Å². The molecule has 0 spiro atoms. The van der Waals surface area contributed by atoms with Crippen molar-refractivity contribution >= 4 is 28.3 Å². The normalized spacial score (nSPS) is 11.4. The number of amides is 1. The van der Waals surface area contributed by atoms with Crippen LogP contribution in [0.3, 0.4) is 0 Å². The van der Waals surface area contributed by atoms with Crippen molar-refractivity contribution in [3.63, 3.8) is 0 Å². The van der Waals surface area contributed by atoms with E-state index in [1.165, 1.54) is 36.4 Å². The van der Waals surface area contributed by atoms with Crippen LogP contribution in [0.2, 0.25) is 0 Å². The number of nitrogens with zero attached hydrogens (tertiary/aromatic N) is 1. The average molecular weight is 297 g/mol. The van der Waals surface area contributed by atoms with E-state index in [-0.39, 0.29) is 11.3 Å². The van der Waals surface area contributed by atoms with Gasteiger partial charge in [-0.25, -0.2) is 4.79 Å². The molecule has 7 heteroatoms. The molecular weight excluding hydrogens is 287 g/mol. The molecule has 0 heterocycles. The van der Waals surface area contributed by atoms with Crippen molar-refractivity contribution in [3.05, 3.63) is 42.0 Å².